The Kier molecular flexibility index (Phi) is 2.15. The van der Waals surface area contributed by atoms with Gasteiger partial charge in [-0.15, -0.1) is 0 Å². The van der Waals surface area contributed by atoms with Crippen molar-refractivity contribution in [3.8, 4) is 0 Å². The molecule has 0 aliphatic heterocycles. The average Bonchev–Trinajstić information content (AvgIpc) is 2.95. The number of fused-ring (bicyclic) bond motifs is 1. The van der Waals surface area contributed by atoms with Crippen molar-refractivity contribution in [1.82, 2.24) is 10.3 Å². The average molecular weight is 223 g/mol. The van der Waals surface area contributed by atoms with E-state index in [1.54, 1.807) is 0 Å². The summed E-state index contributed by atoms with van der Waals surface area (Å²) in [5, 5.41) is 4.05. The van der Waals surface area contributed by atoms with Crippen molar-refractivity contribution in [2.75, 3.05) is 0 Å². The molecule has 1 aliphatic carbocycles. The first-order valence-corrected chi connectivity index (χ1v) is 5.47. The molecule has 3 rings (SSSR count). The minimum Gasteiger partial charge on any atom is -0.439 e. The normalized spacial score (nSPS) is 16.1. The molecule has 1 N–H and O–H groups in total. The molecule has 0 unspecified atom stereocenters. The zero-order chi connectivity index (χ0) is 10.3. The minimum absolute atomic E-state index is 0.670. The van der Waals surface area contributed by atoms with Crippen LogP contribution in [0.3, 0.4) is 0 Å². The third-order valence-electron chi connectivity index (χ3n) is 2.51. The van der Waals surface area contributed by atoms with E-state index in [0.29, 0.717) is 17.6 Å². The maximum Gasteiger partial charge on any atom is 0.209 e. The number of nitrogens with one attached hydrogen (secondary N) is 1. The van der Waals surface area contributed by atoms with E-state index in [-0.39, 0.29) is 0 Å². The number of rotatable bonds is 3. The topological polar surface area (TPSA) is 38.1 Å². The van der Waals surface area contributed by atoms with Crippen LogP contribution in [0.15, 0.2) is 22.6 Å². The fraction of sp³-hybridized carbons (Fsp3) is 0.364. The van der Waals surface area contributed by atoms with Gasteiger partial charge in [0.1, 0.15) is 5.52 Å². The predicted molar refractivity (Wildman–Crippen MR) is 58.9 cm³/mol. The van der Waals surface area contributed by atoms with Gasteiger partial charge in [0.15, 0.2) is 5.58 Å². The van der Waals surface area contributed by atoms with E-state index in [1.165, 1.54) is 12.8 Å². The maximum atomic E-state index is 5.87. The molecule has 0 amide bonds. The molecule has 1 heterocycles. The number of oxazole rings is 1. The summed E-state index contributed by atoms with van der Waals surface area (Å²) >= 11 is 5.87. The zero-order valence-corrected chi connectivity index (χ0v) is 8.92. The highest BCUT2D eigenvalue weighted by Crippen LogP contribution is 2.22. The molecule has 78 valence electrons. The van der Waals surface area contributed by atoms with Gasteiger partial charge in [0.2, 0.25) is 5.89 Å². The van der Waals surface area contributed by atoms with Gasteiger partial charge in [-0.25, -0.2) is 4.98 Å². The van der Waals surface area contributed by atoms with Crippen LogP contribution in [-0.4, -0.2) is 11.0 Å². The summed E-state index contributed by atoms with van der Waals surface area (Å²) in [5.74, 6) is 0.735. The second kappa shape index (κ2) is 3.51. The van der Waals surface area contributed by atoms with Crippen molar-refractivity contribution in [1.29, 1.82) is 0 Å². The molecular weight excluding hydrogens is 212 g/mol. The summed E-state index contributed by atoms with van der Waals surface area (Å²) in [4.78, 5) is 4.36. The Hall–Kier alpha value is -1.06. The summed E-state index contributed by atoms with van der Waals surface area (Å²) < 4.78 is 5.57. The highest BCUT2D eigenvalue weighted by Gasteiger charge is 2.20. The van der Waals surface area contributed by atoms with E-state index in [0.717, 1.165) is 17.0 Å². The van der Waals surface area contributed by atoms with E-state index in [2.05, 4.69) is 10.3 Å². The highest BCUT2D eigenvalue weighted by molar-refractivity contribution is 6.31. The van der Waals surface area contributed by atoms with Crippen LogP contribution in [-0.2, 0) is 6.54 Å². The zero-order valence-electron chi connectivity index (χ0n) is 8.16. The van der Waals surface area contributed by atoms with Gasteiger partial charge in [0.05, 0.1) is 6.54 Å². The molecule has 15 heavy (non-hydrogen) atoms. The number of hydrogen-bond acceptors (Lipinski definition) is 3. The SMILES string of the molecule is Clc1ccc2oc(CNC3CC3)nc2c1. The van der Waals surface area contributed by atoms with Crippen LogP contribution in [0, 0.1) is 0 Å². The number of benzene rings is 1. The molecule has 0 saturated heterocycles. The van der Waals surface area contributed by atoms with Crippen molar-refractivity contribution in [3.63, 3.8) is 0 Å². The largest absolute Gasteiger partial charge is 0.439 e. The first-order valence-electron chi connectivity index (χ1n) is 5.09. The predicted octanol–water partition coefficient (Wildman–Crippen LogP) is 2.73. The minimum atomic E-state index is 0.670. The quantitative estimate of drug-likeness (QED) is 0.868. The molecule has 4 heteroatoms. The third kappa shape index (κ3) is 1.98. The van der Waals surface area contributed by atoms with E-state index in [1.807, 2.05) is 18.2 Å². The third-order valence-corrected chi connectivity index (χ3v) is 2.75. The van der Waals surface area contributed by atoms with Crippen LogP contribution in [0.25, 0.3) is 11.1 Å². The molecule has 0 spiro atoms. The van der Waals surface area contributed by atoms with Crippen molar-refractivity contribution in [2.45, 2.75) is 25.4 Å². The van der Waals surface area contributed by atoms with Gasteiger partial charge >= 0.3 is 0 Å². The molecule has 1 aliphatic rings. The lowest BCUT2D eigenvalue weighted by Gasteiger charge is -1.95. The Morgan fingerprint density at radius 2 is 2.33 bits per heavy atom. The first-order chi connectivity index (χ1) is 7.31. The summed E-state index contributed by atoms with van der Waals surface area (Å²) in [5.41, 5.74) is 1.63. The maximum absolute atomic E-state index is 5.87. The van der Waals surface area contributed by atoms with E-state index >= 15 is 0 Å². The molecule has 1 aromatic carbocycles. The highest BCUT2D eigenvalue weighted by atomic mass is 35.5. The molecule has 1 fully saturated rings. The second-order valence-corrected chi connectivity index (χ2v) is 4.31. The van der Waals surface area contributed by atoms with Gasteiger partial charge in [0, 0.05) is 11.1 Å². The van der Waals surface area contributed by atoms with Crippen LogP contribution in [0.2, 0.25) is 5.02 Å². The van der Waals surface area contributed by atoms with Crippen LogP contribution in [0.4, 0.5) is 0 Å². The van der Waals surface area contributed by atoms with Crippen LogP contribution in [0.5, 0.6) is 0 Å². The number of nitrogens with zero attached hydrogens (tertiary/aromatic N) is 1. The van der Waals surface area contributed by atoms with Crippen molar-refractivity contribution in [2.24, 2.45) is 0 Å². The van der Waals surface area contributed by atoms with Gasteiger partial charge in [-0.2, -0.15) is 0 Å². The van der Waals surface area contributed by atoms with E-state index in [9.17, 15) is 0 Å². The molecule has 0 atom stereocenters. The van der Waals surface area contributed by atoms with Crippen molar-refractivity contribution < 1.29 is 4.42 Å². The van der Waals surface area contributed by atoms with Crippen molar-refractivity contribution in [3.05, 3.63) is 29.1 Å². The van der Waals surface area contributed by atoms with Gasteiger partial charge in [-0.1, -0.05) is 11.6 Å². The molecule has 2 aromatic rings. The van der Waals surface area contributed by atoms with Crippen LogP contribution < -0.4 is 5.32 Å². The van der Waals surface area contributed by atoms with E-state index < -0.39 is 0 Å². The summed E-state index contributed by atoms with van der Waals surface area (Å²) in [6.07, 6.45) is 2.54. The molecule has 0 bridgehead atoms. The Balaban J connectivity index is 1.84. The van der Waals surface area contributed by atoms with Crippen LogP contribution in [0.1, 0.15) is 18.7 Å². The molecule has 1 aromatic heterocycles. The molecule has 0 radical (unpaired) electrons. The smallest absolute Gasteiger partial charge is 0.209 e. The Morgan fingerprint density at radius 3 is 3.13 bits per heavy atom. The Morgan fingerprint density at radius 1 is 1.47 bits per heavy atom. The van der Waals surface area contributed by atoms with Crippen molar-refractivity contribution >= 4 is 22.7 Å². The van der Waals surface area contributed by atoms with Gasteiger partial charge < -0.3 is 9.73 Å². The standard InChI is InChI=1S/C11H11ClN2O/c12-7-1-4-10-9(5-7)14-11(15-10)6-13-8-2-3-8/h1,4-5,8,13H,2-3,6H2. The lowest BCUT2D eigenvalue weighted by atomic mass is 10.3. The Bertz CT molecular complexity index is 490. The van der Waals surface area contributed by atoms with Crippen LogP contribution >= 0.6 is 11.6 Å². The fourth-order valence-electron chi connectivity index (χ4n) is 1.54. The molecule has 1 saturated carbocycles. The van der Waals surface area contributed by atoms with Gasteiger partial charge in [-0.05, 0) is 31.0 Å². The number of aromatic nitrogens is 1. The summed E-state index contributed by atoms with van der Waals surface area (Å²) in [6, 6.07) is 6.16. The Labute approximate surface area is 92.4 Å². The monoisotopic (exact) mass is 222 g/mol. The first kappa shape index (κ1) is 9.19. The summed E-state index contributed by atoms with van der Waals surface area (Å²) in [7, 11) is 0. The fourth-order valence-corrected chi connectivity index (χ4v) is 1.71. The van der Waals surface area contributed by atoms with Gasteiger partial charge in [-0.3, -0.25) is 0 Å². The van der Waals surface area contributed by atoms with E-state index in [4.69, 9.17) is 16.0 Å². The second-order valence-electron chi connectivity index (χ2n) is 3.87. The number of halogens is 1. The number of hydrogen-bond donors (Lipinski definition) is 1. The molecular formula is C11H11ClN2O. The lowest BCUT2D eigenvalue weighted by molar-refractivity contribution is 0.494. The molecule has 3 nitrogen and oxygen atoms in total. The summed E-state index contributed by atoms with van der Waals surface area (Å²) in [6.45, 7) is 0.705. The lowest BCUT2D eigenvalue weighted by Crippen LogP contribution is -2.15. The van der Waals surface area contributed by atoms with Gasteiger partial charge in [0.25, 0.3) is 0 Å².